The Morgan fingerprint density at radius 2 is 2.23 bits per heavy atom. The van der Waals surface area contributed by atoms with Crippen LogP contribution in [0.2, 0.25) is 0 Å². The van der Waals surface area contributed by atoms with Gasteiger partial charge in [-0.2, -0.15) is 0 Å². The van der Waals surface area contributed by atoms with Crippen LogP contribution in [0.15, 0.2) is 5.11 Å². The number of ether oxygens (including phenoxy) is 1. The Morgan fingerprint density at radius 1 is 1.62 bits per heavy atom. The molecule has 1 atom stereocenters. The van der Waals surface area contributed by atoms with E-state index >= 15 is 0 Å². The first-order valence-electron chi connectivity index (χ1n) is 4.31. The lowest BCUT2D eigenvalue weighted by Gasteiger charge is -2.13. The lowest BCUT2D eigenvalue weighted by Crippen LogP contribution is -2.18. The van der Waals surface area contributed by atoms with Crippen LogP contribution in [0.1, 0.15) is 27.2 Å². The first-order chi connectivity index (χ1) is 6.11. The molecule has 1 unspecified atom stereocenters. The molecule has 0 aliphatic rings. The molecular weight excluding hydrogens is 170 g/mol. The van der Waals surface area contributed by atoms with Gasteiger partial charge in [0, 0.05) is 4.91 Å². The largest absolute Gasteiger partial charge is 0.466 e. The average molecular weight is 185 g/mol. The maximum absolute atomic E-state index is 11.0. The maximum atomic E-state index is 11.0. The van der Waals surface area contributed by atoms with Gasteiger partial charge in [0.25, 0.3) is 0 Å². The van der Waals surface area contributed by atoms with Crippen LogP contribution in [0.3, 0.4) is 0 Å². The minimum atomic E-state index is -0.311. The molecule has 0 rings (SSSR count). The summed E-state index contributed by atoms with van der Waals surface area (Å²) in [5.41, 5.74) is 8.23. The summed E-state index contributed by atoms with van der Waals surface area (Å²) in [6, 6.07) is -0.302. The van der Waals surface area contributed by atoms with Crippen molar-refractivity contribution in [2.45, 2.75) is 33.2 Å². The summed E-state index contributed by atoms with van der Waals surface area (Å²) in [4.78, 5) is 13.7. The molecule has 0 N–H and O–H groups in total. The minimum absolute atomic E-state index is 0.153. The van der Waals surface area contributed by atoms with Gasteiger partial charge < -0.3 is 4.74 Å². The van der Waals surface area contributed by atoms with Gasteiger partial charge in [-0.3, -0.25) is 4.79 Å². The molecule has 0 bridgehead atoms. The maximum Gasteiger partial charge on any atom is 0.306 e. The van der Waals surface area contributed by atoms with E-state index < -0.39 is 0 Å². The number of nitrogens with zero attached hydrogens (tertiary/aromatic N) is 3. The van der Waals surface area contributed by atoms with Gasteiger partial charge in [-0.1, -0.05) is 19.0 Å². The Labute approximate surface area is 77.7 Å². The molecule has 0 aromatic heterocycles. The zero-order chi connectivity index (χ0) is 10.3. The van der Waals surface area contributed by atoms with Crippen molar-refractivity contribution in [2.75, 3.05) is 6.61 Å². The normalized spacial score (nSPS) is 12.0. The van der Waals surface area contributed by atoms with Crippen molar-refractivity contribution in [3.8, 4) is 0 Å². The van der Waals surface area contributed by atoms with E-state index in [2.05, 4.69) is 10.0 Å². The van der Waals surface area contributed by atoms with Crippen LogP contribution in [0, 0.1) is 5.92 Å². The summed E-state index contributed by atoms with van der Waals surface area (Å²) in [7, 11) is 0. The van der Waals surface area contributed by atoms with Gasteiger partial charge in [0.1, 0.15) is 0 Å². The van der Waals surface area contributed by atoms with E-state index in [4.69, 9.17) is 10.3 Å². The number of hydrogen-bond donors (Lipinski definition) is 0. The summed E-state index contributed by atoms with van der Waals surface area (Å²) in [6.07, 6.45) is 0.162. The Kier molecular flexibility index (Phi) is 5.72. The van der Waals surface area contributed by atoms with Crippen molar-refractivity contribution in [1.29, 1.82) is 0 Å². The lowest BCUT2D eigenvalue weighted by atomic mass is 10.0. The lowest BCUT2D eigenvalue weighted by molar-refractivity contribution is -0.143. The van der Waals surface area contributed by atoms with Crippen molar-refractivity contribution in [3.63, 3.8) is 0 Å². The highest BCUT2D eigenvalue weighted by atomic mass is 16.5. The Bertz CT molecular complexity index is 209. The number of carbonyl (C=O) groups excluding carboxylic acids is 1. The first kappa shape index (κ1) is 11.8. The third-order valence-corrected chi connectivity index (χ3v) is 1.65. The van der Waals surface area contributed by atoms with Crippen molar-refractivity contribution in [1.82, 2.24) is 0 Å². The van der Waals surface area contributed by atoms with Crippen LogP contribution in [-0.4, -0.2) is 18.6 Å². The monoisotopic (exact) mass is 185 g/mol. The highest BCUT2D eigenvalue weighted by Gasteiger charge is 2.16. The summed E-state index contributed by atoms with van der Waals surface area (Å²) < 4.78 is 4.75. The third-order valence-electron chi connectivity index (χ3n) is 1.65. The topological polar surface area (TPSA) is 75.1 Å². The highest BCUT2D eigenvalue weighted by molar-refractivity contribution is 5.70. The van der Waals surface area contributed by atoms with Crippen LogP contribution in [0.5, 0.6) is 0 Å². The Balaban J connectivity index is 4.09. The Morgan fingerprint density at radius 3 is 2.62 bits per heavy atom. The predicted octanol–water partition coefficient (Wildman–Crippen LogP) is 2.27. The van der Waals surface area contributed by atoms with Crippen molar-refractivity contribution < 1.29 is 9.53 Å². The second kappa shape index (κ2) is 6.31. The molecule has 5 heteroatoms. The number of hydrogen-bond acceptors (Lipinski definition) is 3. The first-order valence-corrected chi connectivity index (χ1v) is 4.31. The molecule has 74 valence electrons. The molecule has 0 aliphatic heterocycles. The molecule has 0 radical (unpaired) electrons. The standard InChI is InChI=1S/C8H15N3O2/c1-4-13-8(12)5-7(6(2)3)10-11-9/h6-7H,4-5H2,1-3H3. The predicted molar refractivity (Wildman–Crippen MR) is 49.0 cm³/mol. The molecule has 0 aromatic rings. The number of esters is 1. The molecule has 0 aliphatic carbocycles. The highest BCUT2D eigenvalue weighted by Crippen LogP contribution is 2.11. The van der Waals surface area contributed by atoms with Gasteiger partial charge in [-0.05, 0) is 18.4 Å². The van der Waals surface area contributed by atoms with Gasteiger partial charge in [-0.15, -0.1) is 0 Å². The zero-order valence-electron chi connectivity index (χ0n) is 8.23. The average Bonchev–Trinajstić information content (AvgIpc) is 2.04. The van der Waals surface area contributed by atoms with Crippen molar-refractivity contribution in [2.24, 2.45) is 11.0 Å². The van der Waals surface area contributed by atoms with Gasteiger partial charge in [-0.25, -0.2) is 0 Å². The molecule has 13 heavy (non-hydrogen) atoms. The molecular formula is C8H15N3O2. The van der Waals surface area contributed by atoms with Gasteiger partial charge >= 0.3 is 5.97 Å². The van der Waals surface area contributed by atoms with Gasteiger partial charge in [0.05, 0.1) is 19.1 Å². The summed E-state index contributed by atoms with van der Waals surface area (Å²) >= 11 is 0. The van der Waals surface area contributed by atoms with Crippen LogP contribution < -0.4 is 0 Å². The van der Waals surface area contributed by atoms with Crippen molar-refractivity contribution in [3.05, 3.63) is 10.4 Å². The van der Waals surface area contributed by atoms with Crippen LogP contribution >= 0.6 is 0 Å². The van der Waals surface area contributed by atoms with E-state index in [1.54, 1.807) is 6.92 Å². The molecule has 0 saturated heterocycles. The van der Waals surface area contributed by atoms with E-state index in [9.17, 15) is 4.79 Å². The second-order valence-electron chi connectivity index (χ2n) is 3.03. The number of carbonyl (C=O) groups is 1. The van der Waals surface area contributed by atoms with E-state index in [0.717, 1.165) is 0 Å². The summed E-state index contributed by atoms with van der Waals surface area (Å²) in [6.45, 7) is 5.91. The van der Waals surface area contributed by atoms with Crippen molar-refractivity contribution >= 4 is 5.97 Å². The molecule has 0 amide bonds. The van der Waals surface area contributed by atoms with E-state index in [1.807, 2.05) is 13.8 Å². The summed E-state index contributed by atoms with van der Waals surface area (Å²) in [5, 5.41) is 3.53. The third kappa shape index (κ3) is 5.09. The smallest absolute Gasteiger partial charge is 0.306 e. The van der Waals surface area contributed by atoms with E-state index in [0.29, 0.717) is 6.61 Å². The quantitative estimate of drug-likeness (QED) is 0.285. The van der Waals surface area contributed by atoms with Gasteiger partial charge in [0.2, 0.25) is 0 Å². The minimum Gasteiger partial charge on any atom is -0.466 e. The van der Waals surface area contributed by atoms with Crippen LogP contribution in [0.4, 0.5) is 0 Å². The fourth-order valence-corrected chi connectivity index (χ4v) is 0.867. The fraction of sp³-hybridized carbons (Fsp3) is 0.875. The Hall–Kier alpha value is -1.22. The van der Waals surface area contributed by atoms with E-state index in [1.165, 1.54) is 0 Å². The summed E-state index contributed by atoms with van der Waals surface area (Å²) in [5.74, 6) is -0.158. The molecule has 0 spiro atoms. The van der Waals surface area contributed by atoms with Gasteiger partial charge in [0.15, 0.2) is 0 Å². The molecule has 0 aromatic carbocycles. The molecule has 0 fully saturated rings. The SMILES string of the molecule is CCOC(=O)CC(N=[N+]=[N-])C(C)C. The van der Waals surface area contributed by atoms with Crippen LogP contribution in [-0.2, 0) is 9.53 Å². The molecule has 0 heterocycles. The van der Waals surface area contributed by atoms with Crippen LogP contribution in [0.25, 0.3) is 10.4 Å². The zero-order valence-corrected chi connectivity index (χ0v) is 8.23. The molecule has 0 saturated carbocycles. The number of rotatable bonds is 5. The molecule has 5 nitrogen and oxygen atoms in total. The fourth-order valence-electron chi connectivity index (χ4n) is 0.867. The second-order valence-corrected chi connectivity index (χ2v) is 3.03. The number of azide groups is 1. The van der Waals surface area contributed by atoms with E-state index in [-0.39, 0.29) is 24.3 Å².